The van der Waals surface area contributed by atoms with E-state index in [1.807, 2.05) is 0 Å². The molecule has 1 atom stereocenters. The van der Waals surface area contributed by atoms with Crippen molar-refractivity contribution in [2.24, 2.45) is 17.8 Å². The molecule has 2 saturated carbocycles. The fourth-order valence-electron chi connectivity index (χ4n) is 2.85. The summed E-state index contributed by atoms with van der Waals surface area (Å²) in [5, 5.41) is 12.0. The van der Waals surface area contributed by atoms with Crippen molar-refractivity contribution in [3.05, 3.63) is 0 Å². The van der Waals surface area contributed by atoms with E-state index in [9.17, 15) is 9.59 Å². The first-order chi connectivity index (χ1) is 9.04. The minimum absolute atomic E-state index is 0.263. The molecule has 2 aliphatic rings. The Morgan fingerprint density at radius 1 is 1.26 bits per heavy atom. The first-order valence-electron chi connectivity index (χ1n) is 7.28. The first kappa shape index (κ1) is 14.2. The van der Waals surface area contributed by atoms with Crippen LogP contribution in [0.25, 0.3) is 0 Å². The zero-order chi connectivity index (χ0) is 14.0. The number of carboxylic acids is 1. The van der Waals surface area contributed by atoms with Crippen LogP contribution in [0.15, 0.2) is 0 Å². The van der Waals surface area contributed by atoms with Gasteiger partial charge < -0.3 is 15.3 Å². The highest BCUT2D eigenvalue weighted by Crippen LogP contribution is 2.48. The summed E-state index contributed by atoms with van der Waals surface area (Å²) >= 11 is 0. The SMILES string of the molecule is CCC(C(=O)O)N(C)C(=O)NCC(C1CC1)C1CC1. The van der Waals surface area contributed by atoms with Crippen LogP contribution in [0.4, 0.5) is 4.79 Å². The van der Waals surface area contributed by atoms with E-state index in [1.165, 1.54) is 30.6 Å². The van der Waals surface area contributed by atoms with Crippen LogP contribution in [0.5, 0.6) is 0 Å². The second-order valence-corrected chi connectivity index (χ2v) is 5.90. The predicted molar refractivity (Wildman–Crippen MR) is 71.8 cm³/mol. The highest BCUT2D eigenvalue weighted by molar-refractivity contribution is 5.82. The van der Waals surface area contributed by atoms with Crippen LogP contribution >= 0.6 is 0 Å². The third-order valence-corrected chi connectivity index (χ3v) is 4.40. The van der Waals surface area contributed by atoms with Gasteiger partial charge in [0, 0.05) is 13.6 Å². The fraction of sp³-hybridized carbons (Fsp3) is 0.857. The van der Waals surface area contributed by atoms with Crippen molar-refractivity contribution in [2.45, 2.75) is 45.1 Å². The number of amides is 2. The maximum Gasteiger partial charge on any atom is 0.326 e. The molecule has 2 rings (SSSR count). The first-order valence-corrected chi connectivity index (χ1v) is 7.28. The Morgan fingerprint density at radius 2 is 1.79 bits per heavy atom. The van der Waals surface area contributed by atoms with E-state index < -0.39 is 12.0 Å². The normalized spacial score (nSPS) is 20.2. The minimum Gasteiger partial charge on any atom is -0.480 e. The Labute approximate surface area is 114 Å². The zero-order valence-corrected chi connectivity index (χ0v) is 11.8. The van der Waals surface area contributed by atoms with E-state index in [2.05, 4.69) is 5.32 Å². The van der Waals surface area contributed by atoms with Crippen molar-refractivity contribution in [3.8, 4) is 0 Å². The smallest absolute Gasteiger partial charge is 0.326 e. The Kier molecular flexibility index (Phi) is 4.32. The summed E-state index contributed by atoms with van der Waals surface area (Å²) in [7, 11) is 1.56. The second-order valence-electron chi connectivity index (χ2n) is 5.90. The number of carbonyl (C=O) groups excluding carboxylic acids is 1. The molecule has 108 valence electrons. The molecule has 0 aromatic rings. The molecule has 0 aromatic carbocycles. The number of nitrogens with zero attached hydrogens (tertiary/aromatic N) is 1. The summed E-state index contributed by atoms with van der Waals surface area (Å²) in [4.78, 5) is 24.3. The van der Waals surface area contributed by atoms with Crippen molar-refractivity contribution in [1.29, 1.82) is 0 Å². The molecule has 0 saturated heterocycles. The van der Waals surface area contributed by atoms with Gasteiger partial charge in [-0.1, -0.05) is 6.92 Å². The van der Waals surface area contributed by atoms with Gasteiger partial charge in [0.05, 0.1) is 0 Å². The number of likely N-dealkylation sites (N-methyl/N-ethyl adjacent to an activating group) is 1. The average Bonchev–Trinajstić information content (AvgIpc) is 3.23. The molecule has 2 aliphatic carbocycles. The number of rotatable bonds is 7. The summed E-state index contributed by atoms with van der Waals surface area (Å²) in [6.45, 7) is 2.48. The monoisotopic (exact) mass is 268 g/mol. The van der Waals surface area contributed by atoms with Crippen LogP contribution in [-0.2, 0) is 4.79 Å². The lowest BCUT2D eigenvalue weighted by molar-refractivity contribution is -0.141. The van der Waals surface area contributed by atoms with Gasteiger partial charge in [-0.3, -0.25) is 0 Å². The van der Waals surface area contributed by atoms with E-state index >= 15 is 0 Å². The molecule has 2 fully saturated rings. The molecule has 0 radical (unpaired) electrons. The molecule has 0 spiro atoms. The largest absolute Gasteiger partial charge is 0.480 e. The number of carboxylic acid groups (broad SMARTS) is 1. The molecule has 0 bridgehead atoms. The van der Waals surface area contributed by atoms with E-state index in [0.29, 0.717) is 18.9 Å². The molecular formula is C14H24N2O3. The number of nitrogens with one attached hydrogen (secondary N) is 1. The minimum atomic E-state index is -0.943. The van der Waals surface area contributed by atoms with Gasteiger partial charge in [0.25, 0.3) is 0 Å². The molecule has 2 N–H and O–H groups in total. The van der Waals surface area contributed by atoms with Gasteiger partial charge in [0.15, 0.2) is 0 Å². The van der Waals surface area contributed by atoms with E-state index in [0.717, 1.165) is 11.8 Å². The number of hydrogen-bond donors (Lipinski definition) is 2. The quantitative estimate of drug-likeness (QED) is 0.741. The molecule has 1 unspecified atom stereocenters. The predicted octanol–water partition coefficient (Wildman–Crippen LogP) is 1.93. The van der Waals surface area contributed by atoms with Gasteiger partial charge in [0.1, 0.15) is 6.04 Å². The maximum atomic E-state index is 12.0. The van der Waals surface area contributed by atoms with Gasteiger partial charge >= 0.3 is 12.0 Å². The van der Waals surface area contributed by atoms with E-state index in [4.69, 9.17) is 5.11 Å². The van der Waals surface area contributed by atoms with Gasteiger partial charge in [-0.15, -0.1) is 0 Å². The highest BCUT2D eigenvalue weighted by atomic mass is 16.4. The average molecular weight is 268 g/mol. The van der Waals surface area contributed by atoms with Gasteiger partial charge in [-0.25, -0.2) is 9.59 Å². The standard InChI is InChI=1S/C14H24N2O3/c1-3-12(13(17)18)16(2)14(19)15-8-11(9-4-5-9)10-6-7-10/h9-12H,3-8H2,1-2H3,(H,15,19)(H,17,18). The molecule has 0 heterocycles. The highest BCUT2D eigenvalue weighted by Gasteiger charge is 2.41. The topological polar surface area (TPSA) is 69.6 Å². The number of aliphatic carboxylic acids is 1. The van der Waals surface area contributed by atoms with Crippen molar-refractivity contribution < 1.29 is 14.7 Å². The van der Waals surface area contributed by atoms with E-state index in [-0.39, 0.29) is 6.03 Å². The molecule has 2 amide bonds. The van der Waals surface area contributed by atoms with Crippen LogP contribution < -0.4 is 5.32 Å². The zero-order valence-electron chi connectivity index (χ0n) is 11.8. The lowest BCUT2D eigenvalue weighted by Gasteiger charge is -2.25. The Morgan fingerprint density at radius 3 is 2.16 bits per heavy atom. The molecule has 5 heteroatoms. The van der Waals surface area contributed by atoms with Crippen molar-refractivity contribution in [3.63, 3.8) is 0 Å². The Bertz CT molecular complexity index is 339. The second kappa shape index (κ2) is 5.80. The van der Waals surface area contributed by atoms with Gasteiger partial charge in [-0.05, 0) is 49.9 Å². The van der Waals surface area contributed by atoms with Crippen molar-refractivity contribution >= 4 is 12.0 Å². The molecule has 0 aromatic heterocycles. The summed E-state index contributed by atoms with van der Waals surface area (Å²) in [6.07, 6.45) is 5.59. The van der Waals surface area contributed by atoms with Crippen LogP contribution in [0.2, 0.25) is 0 Å². The molecular weight excluding hydrogens is 244 g/mol. The maximum absolute atomic E-state index is 12.0. The number of urea groups is 1. The summed E-state index contributed by atoms with van der Waals surface area (Å²) in [6, 6.07) is -0.999. The van der Waals surface area contributed by atoms with Crippen LogP contribution in [0.3, 0.4) is 0 Å². The Balaban J connectivity index is 1.80. The van der Waals surface area contributed by atoms with Crippen molar-refractivity contribution in [1.82, 2.24) is 10.2 Å². The Hall–Kier alpha value is -1.26. The molecule has 19 heavy (non-hydrogen) atoms. The summed E-state index contributed by atoms with van der Waals surface area (Å²) < 4.78 is 0. The molecule has 5 nitrogen and oxygen atoms in total. The van der Waals surface area contributed by atoms with E-state index in [1.54, 1.807) is 14.0 Å². The van der Waals surface area contributed by atoms with Crippen molar-refractivity contribution in [2.75, 3.05) is 13.6 Å². The van der Waals surface area contributed by atoms with Gasteiger partial charge in [0.2, 0.25) is 0 Å². The number of hydrogen-bond acceptors (Lipinski definition) is 2. The van der Waals surface area contributed by atoms with Crippen LogP contribution in [0, 0.1) is 17.8 Å². The van der Waals surface area contributed by atoms with Gasteiger partial charge in [-0.2, -0.15) is 0 Å². The molecule has 0 aliphatic heterocycles. The van der Waals surface area contributed by atoms with Crippen LogP contribution in [0.1, 0.15) is 39.0 Å². The third-order valence-electron chi connectivity index (χ3n) is 4.40. The number of carbonyl (C=O) groups is 2. The fourth-order valence-corrected chi connectivity index (χ4v) is 2.85. The summed E-state index contributed by atoms with van der Waals surface area (Å²) in [5.41, 5.74) is 0. The lowest BCUT2D eigenvalue weighted by atomic mass is 9.98. The van der Waals surface area contributed by atoms with Crippen LogP contribution in [-0.4, -0.2) is 41.6 Å². The summed E-state index contributed by atoms with van der Waals surface area (Å²) in [5.74, 6) is 1.25. The third kappa shape index (κ3) is 3.61. The lowest BCUT2D eigenvalue weighted by Crippen LogP contribution is -2.48.